The summed E-state index contributed by atoms with van der Waals surface area (Å²) in [4.78, 5) is 21.8. The molecule has 0 bridgehead atoms. The van der Waals surface area contributed by atoms with Crippen LogP contribution in [0.2, 0.25) is 0 Å². The van der Waals surface area contributed by atoms with Crippen LogP contribution in [-0.4, -0.2) is 28.4 Å². The van der Waals surface area contributed by atoms with Crippen molar-refractivity contribution in [1.29, 1.82) is 0 Å². The van der Waals surface area contributed by atoms with E-state index in [1.807, 2.05) is 0 Å². The van der Waals surface area contributed by atoms with Crippen molar-refractivity contribution in [3.05, 3.63) is 23.8 Å². The Morgan fingerprint density at radius 2 is 2.00 bits per heavy atom. The average molecular weight is 239 g/mol. The van der Waals surface area contributed by atoms with Crippen LogP contribution in [0.3, 0.4) is 0 Å². The van der Waals surface area contributed by atoms with E-state index in [9.17, 15) is 14.7 Å². The first-order valence-electron chi connectivity index (χ1n) is 4.94. The van der Waals surface area contributed by atoms with E-state index in [1.165, 1.54) is 12.1 Å². The molecule has 0 spiro atoms. The molecule has 0 aromatic heterocycles. The molecule has 17 heavy (non-hydrogen) atoms. The monoisotopic (exact) mass is 239 g/mol. The molecule has 0 aliphatic carbocycles. The van der Waals surface area contributed by atoms with Crippen molar-refractivity contribution in [2.24, 2.45) is 0 Å². The number of amides is 1. The zero-order valence-corrected chi connectivity index (χ0v) is 9.43. The van der Waals surface area contributed by atoms with Gasteiger partial charge in [0.1, 0.15) is 5.75 Å². The van der Waals surface area contributed by atoms with Crippen molar-refractivity contribution < 1.29 is 24.5 Å². The van der Waals surface area contributed by atoms with Crippen molar-refractivity contribution in [3.63, 3.8) is 0 Å². The summed E-state index contributed by atoms with van der Waals surface area (Å²) in [5.41, 5.74) is 0.0333. The Labute approximate surface area is 97.8 Å². The Bertz CT molecular complexity index is 441. The van der Waals surface area contributed by atoms with E-state index >= 15 is 0 Å². The van der Waals surface area contributed by atoms with Gasteiger partial charge in [0.05, 0.1) is 17.4 Å². The fourth-order valence-corrected chi connectivity index (χ4v) is 1.12. The molecule has 0 heterocycles. The lowest BCUT2D eigenvalue weighted by atomic mass is 10.2. The molecule has 0 saturated heterocycles. The highest BCUT2D eigenvalue weighted by Crippen LogP contribution is 2.24. The molecule has 0 saturated carbocycles. The number of aromatic carboxylic acids is 1. The van der Waals surface area contributed by atoms with Gasteiger partial charge in [0.25, 0.3) is 0 Å². The van der Waals surface area contributed by atoms with E-state index in [-0.39, 0.29) is 23.1 Å². The summed E-state index contributed by atoms with van der Waals surface area (Å²) in [5.74, 6) is -1.48. The molecule has 6 nitrogen and oxygen atoms in total. The zero-order chi connectivity index (χ0) is 13.0. The minimum atomic E-state index is -1.16. The van der Waals surface area contributed by atoms with Crippen LogP contribution in [0, 0.1) is 0 Å². The number of phenols is 1. The molecule has 92 valence electrons. The number of carbonyl (C=O) groups is 2. The number of phenolic OH excluding ortho intramolecular Hbond substituents is 1. The number of nitrogens with one attached hydrogen (secondary N) is 1. The summed E-state index contributed by atoms with van der Waals surface area (Å²) < 4.78 is 4.81. The summed E-state index contributed by atoms with van der Waals surface area (Å²) in [6.07, 6.45) is -0.992. The summed E-state index contributed by atoms with van der Waals surface area (Å²) in [5, 5.41) is 20.5. The van der Waals surface area contributed by atoms with E-state index in [4.69, 9.17) is 9.84 Å². The minimum Gasteiger partial charge on any atom is -0.506 e. The molecule has 0 aliphatic rings. The Kier molecular flexibility index (Phi) is 3.92. The molecular weight excluding hydrogens is 226 g/mol. The molecule has 6 heteroatoms. The lowest BCUT2D eigenvalue weighted by molar-refractivity contribution is 0.0696. The van der Waals surface area contributed by atoms with Crippen molar-refractivity contribution in [3.8, 4) is 5.75 Å². The smallest absolute Gasteiger partial charge is 0.411 e. The van der Waals surface area contributed by atoms with E-state index in [2.05, 4.69) is 5.32 Å². The molecule has 1 rings (SSSR count). The quantitative estimate of drug-likeness (QED) is 0.701. The second-order valence-electron chi connectivity index (χ2n) is 3.62. The first kappa shape index (κ1) is 12.8. The van der Waals surface area contributed by atoms with Crippen LogP contribution in [0.15, 0.2) is 18.2 Å². The number of carbonyl (C=O) groups excluding carboxylic acids is 1. The number of hydrogen-bond donors (Lipinski definition) is 3. The van der Waals surface area contributed by atoms with Crippen molar-refractivity contribution >= 4 is 17.7 Å². The topological polar surface area (TPSA) is 95.9 Å². The normalized spacial score (nSPS) is 10.1. The van der Waals surface area contributed by atoms with Gasteiger partial charge in [-0.2, -0.15) is 0 Å². The Morgan fingerprint density at radius 3 is 2.47 bits per heavy atom. The molecule has 1 aromatic rings. The second-order valence-corrected chi connectivity index (χ2v) is 3.62. The molecule has 0 aliphatic heterocycles. The molecule has 3 N–H and O–H groups in total. The second kappa shape index (κ2) is 5.20. The van der Waals surface area contributed by atoms with Crippen molar-refractivity contribution in [2.45, 2.75) is 20.0 Å². The third-order valence-electron chi connectivity index (χ3n) is 1.82. The molecule has 0 unspecified atom stereocenters. The van der Waals surface area contributed by atoms with Gasteiger partial charge in [-0.3, -0.25) is 5.32 Å². The number of aromatic hydroxyl groups is 1. The highest BCUT2D eigenvalue weighted by atomic mass is 16.6. The van der Waals surface area contributed by atoms with Gasteiger partial charge < -0.3 is 14.9 Å². The highest BCUT2D eigenvalue weighted by molar-refractivity contribution is 5.91. The number of ether oxygens (including phenoxy) is 1. The molecule has 1 amide bonds. The summed E-state index contributed by atoms with van der Waals surface area (Å²) >= 11 is 0. The molecule has 0 fully saturated rings. The predicted octanol–water partition coefficient (Wildman–Crippen LogP) is 2.05. The van der Waals surface area contributed by atoms with Gasteiger partial charge in [0.15, 0.2) is 0 Å². The Hall–Kier alpha value is -2.24. The van der Waals surface area contributed by atoms with E-state index in [0.717, 1.165) is 6.07 Å². The zero-order valence-electron chi connectivity index (χ0n) is 9.43. The maximum atomic E-state index is 11.2. The number of carboxylic acid groups (broad SMARTS) is 1. The first-order chi connectivity index (χ1) is 7.90. The molecule has 0 atom stereocenters. The van der Waals surface area contributed by atoms with Crippen LogP contribution < -0.4 is 5.32 Å². The Balaban J connectivity index is 2.79. The maximum absolute atomic E-state index is 11.2. The van der Waals surface area contributed by atoms with E-state index < -0.39 is 12.1 Å². The lowest BCUT2D eigenvalue weighted by Crippen LogP contribution is -2.18. The standard InChI is InChI=1S/C11H13NO5/c1-6(2)17-11(16)12-8-4-3-7(10(14)15)5-9(8)13/h3-6,13H,1-2H3,(H,12,16)(H,14,15). The average Bonchev–Trinajstić information content (AvgIpc) is 2.19. The van der Waals surface area contributed by atoms with E-state index in [0.29, 0.717) is 0 Å². The summed E-state index contributed by atoms with van der Waals surface area (Å²) in [6.45, 7) is 3.37. The van der Waals surface area contributed by atoms with E-state index in [1.54, 1.807) is 13.8 Å². The van der Waals surface area contributed by atoms with Crippen molar-refractivity contribution in [1.82, 2.24) is 0 Å². The molecule has 0 radical (unpaired) electrons. The third-order valence-corrected chi connectivity index (χ3v) is 1.82. The van der Waals surface area contributed by atoms with Gasteiger partial charge in [-0.1, -0.05) is 0 Å². The van der Waals surface area contributed by atoms with Gasteiger partial charge >= 0.3 is 12.1 Å². The Morgan fingerprint density at radius 1 is 1.35 bits per heavy atom. The lowest BCUT2D eigenvalue weighted by Gasteiger charge is -2.10. The number of carboxylic acids is 1. The number of anilines is 1. The minimum absolute atomic E-state index is 0.0646. The van der Waals surface area contributed by atoms with Gasteiger partial charge in [0, 0.05) is 0 Å². The van der Waals surface area contributed by atoms with Crippen LogP contribution in [0.5, 0.6) is 5.75 Å². The van der Waals surface area contributed by atoms with Gasteiger partial charge in [0.2, 0.25) is 0 Å². The van der Waals surface area contributed by atoms with Crippen LogP contribution in [0.1, 0.15) is 24.2 Å². The fourth-order valence-electron chi connectivity index (χ4n) is 1.12. The van der Waals surface area contributed by atoms with Gasteiger partial charge in [-0.15, -0.1) is 0 Å². The third kappa shape index (κ3) is 3.67. The number of hydrogen-bond acceptors (Lipinski definition) is 4. The number of rotatable bonds is 3. The van der Waals surface area contributed by atoms with Gasteiger partial charge in [-0.25, -0.2) is 9.59 Å². The van der Waals surface area contributed by atoms with Crippen LogP contribution in [0.25, 0.3) is 0 Å². The SMILES string of the molecule is CC(C)OC(=O)Nc1ccc(C(=O)O)cc1O. The summed E-state index contributed by atoms with van der Waals surface area (Å²) in [6, 6.07) is 3.61. The predicted molar refractivity (Wildman–Crippen MR) is 60.3 cm³/mol. The van der Waals surface area contributed by atoms with Crippen LogP contribution in [-0.2, 0) is 4.74 Å². The highest BCUT2D eigenvalue weighted by Gasteiger charge is 2.11. The van der Waals surface area contributed by atoms with Crippen LogP contribution in [0.4, 0.5) is 10.5 Å². The van der Waals surface area contributed by atoms with Crippen molar-refractivity contribution in [2.75, 3.05) is 5.32 Å². The molecular formula is C11H13NO5. The largest absolute Gasteiger partial charge is 0.506 e. The maximum Gasteiger partial charge on any atom is 0.411 e. The number of benzene rings is 1. The summed E-state index contributed by atoms with van der Waals surface area (Å²) in [7, 11) is 0. The van der Waals surface area contributed by atoms with Gasteiger partial charge in [-0.05, 0) is 32.0 Å². The molecule has 1 aromatic carbocycles. The van der Waals surface area contributed by atoms with Crippen LogP contribution >= 0.6 is 0 Å². The first-order valence-corrected chi connectivity index (χ1v) is 4.94. The fraction of sp³-hybridized carbons (Fsp3) is 0.273.